The molecule has 1 nitrogen and oxygen atoms in total. The van der Waals surface area contributed by atoms with Gasteiger partial charge in [0.05, 0.1) is 8.07 Å². The molecule has 118 valence electrons. The van der Waals surface area contributed by atoms with Gasteiger partial charge >= 0.3 is 0 Å². The van der Waals surface area contributed by atoms with Gasteiger partial charge in [-0.2, -0.15) is 0 Å². The van der Waals surface area contributed by atoms with E-state index in [-0.39, 0.29) is 0 Å². The molecule has 0 unspecified atom stereocenters. The summed E-state index contributed by atoms with van der Waals surface area (Å²) in [5, 5.41) is 2.45. The number of rotatable bonds is 4. The van der Waals surface area contributed by atoms with Crippen molar-refractivity contribution in [1.82, 2.24) is 0 Å². The molecule has 0 radical (unpaired) electrons. The van der Waals surface area contributed by atoms with Crippen molar-refractivity contribution in [2.75, 3.05) is 13.3 Å². The molecule has 22 heavy (non-hydrogen) atoms. The first-order chi connectivity index (χ1) is 10.1. The SMILES string of the molecule is CC(C)[Si](C)(C)c1cccc(-c2ccccc2P(C)(C)=O)c1. The van der Waals surface area contributed by atoms with Crippen LogP contribution in [0.1, 0.15) is 13.8 Å². The van der Waals surface area contributed by atoms with Crippen molar-refractivity contribution in [2.24, 2.45) is 0 Å². The Labute approximate surface area is 136 Å². The van der Waals surface area contributed by atoms with Crippen LogP contribution in [0.3, 0.4) is 0 Å². The van der Waals surface area contributed by atoms with Gasteiger partial charge in [0.25, 0.3) is 0 Å². The third kappa shape index (κ3) is 3.44. The smallest absolute Gasteiger partial charge is 0.110 e. The molecular formula is C19H27OPSi. The van der Waals surface area contributed by atoms with Crippen LogP contribution in [0.15, 0.2) is 48.5 Å². The molecule has 0 aliphatic rings. The number of hydrogen-bond donors (Lipinski definition) is 0. The zero-order valence-electron chi connectivity index (χ0n) is 14.6. The van der Waals surface area contributed by atoms with Crippen molar-refractivity contribution in [3.63, 3.8) is 0 Å². The van der Waals surface area contributed by atoms with Crippen LogP contribution < -0.4 is 10.5 Å². The first kappa shape index (κ1) is 17.2. The second kappa shape index (κ2) is 6.18. The van der Waals surface area contributed by atoms with Crippen LogP contribution in [-0.2, 0) is 4.57 Å². The summed E-state index contributed by atoms with van der Waals surface area (Å²) in [7, 11) is -3.74. The van der Waals surface area contributed by atoms with Gasteiger partial charge in [0.1, 0.15) is 7.14 Å². The van der Waals surface area contributed by atoms with Crippen LogP contribution in [0.2, 0.25) is 18.6 Å². The van der Waals surface area contributed by atoms with Gasteiger partial charge in [0.15, 0.2) is 0 Å². The molecular weight excluding hydrogens is 303 g/mol. The lowest BCUT2D eigenvalue weighted by Crippen LogP contribution is -2.44. The van der Waals surface area contributed by atoms with Crippen molar-refractivity contribution >= 4 is 25.7 Å². The highest BCUT2D eigenvalue weighted by atomic mass is 31.2. The van der Waals surface area contributed by atoms with Crippen LogP contribution in [0.5, 0.6) is 0 Å². The molecule has 0 aliphatic carbocycles. The molecule has 0 aromatic heterocycles. The molecule has 2 aromatic rings. The monoisotopic (exact) mass is 330 g/mol. The minimum Gasteiger partial charge on any atom is -0.319 e. The van der Waals surface area contributed by atoms with E-state index in [2.05, 4.69) is 57.3 Å². The molecule has 0 N–H and O–H groups in total. The van der Waals surface area contributed by atoms with E-state index in [0.29, 0.717) is 5.54 Å². The average molecular weight is 330 g/mol. The highest BCUT2D eigenvalue weighted by Crippen LogP contribution is 2.38. The van der Waals surface area contributed by atoms with Gasteiger partial charge in [0.2, 0.25) is 0 Å². The lowest BCUT2D eigenvalue weighted by Gasteiger charge is -2.28. The molecule has 0 amide bonds. The maximum Gasteiger partial charge on any atom is 0.110 e. The molecule has 0 bridgehead atoms. The summed E-state index contributed by atoms with van der Waals surface area (Å²) < 4.78 is 12.6. The molecule has 0 spiro atoms. The molecule has 2 aromatic carbocycles. The Bertz CT molecular complexity index is 713. The van der Waals surface area contributed by atoms with Crippen LogP contribution in [0.4, 0.5) is 0 Å². The normalized spacial score (nSPS) is 12.7. The van der Waals surface area contributed by atoms with Crippen LogP contribution in [0, 0.1) is 0 Å². The van der Waals surface area contributed by atoms with E-state index in [0.717, 1.165) is 10.9 Å². The zero-order chi connectivity index (χ0) is 16.5. The van der Waals surface area contributed by atoms with E-state index in [1.165, 1.54) is 10.8 Å². The van der Waals surface area contributed by atoms with Gasteiger partial charge in [-0.3, -0.25) is 0 Å². The Balaban J connectivity index is 2.60. The third-order valence-electron chi connectivity index (χ3n) is 4.85. The maximum absolute atomic E-state index is 12.6. The van der Waals surface area contributed by atoms with E-state index < -0.39 is 15.2 Å². The first-order valence-electron chi connectivity index (χ1n) is 7.89. The van der Waals surface area contributed by atoms with Crippen molar-refractivity contribution in [3.8, 4) is 11.1 Å². The lowest BCUT2D eigenvalue weighted by molar-refractivity contribution is 0.588. The van der Waals surface area contributed by atoms with Gasteiger partial charge in [0, 0.05) is 5.30 Å². The summed E-state index contributed by atoms with van der Waals surface area (Å²) >= 11 is 0. The number of hydrogen-bond acceptors (Lipinski definition) is 1. The highest BCUT2D eigenvalue weighted by molar-refractivity contribution is 7.70. The molecule has 2 rings (SSSR count). The van der Waals surface area contributed by atoms with E-state index in [4.69, 9.17) is 0 Å². The van der Waals surface area contributed by atoms with Gasteiger partial charge in [-0.15, -0.1) is 0 Å². The fraction of sp³-hybridized carbons (Fsp3) is 0.368. The Morgan fingerprint density at radius 2 is 1.59 bits per heavy atom. The second-order valence-electron chi connectivity index (χ2n) is 7.33. The predicted molar refractivity (Wildman–Crippen MR) is 103 cm³/mol. The molecule has 0 aliphatic heterocycles. The van der Waals surface area contributed by atoms with E-state index >= 15 is 0 Å². The zero-order valence-corrected chi connectivity index (χ0v) is 16.4. The quantitative estimate of drug-likeness (QED) is 0.574. The number of benzene rings is 2. The molecule has 3 heteroatoms. The summed E-state index contributed by atoms with van der Waals surface area (Å²) in [5.41, 5.74) is 3.01. The van der Waals surface area contributed by atoms with Crippen molar-refractivity contribution in [2.45, 2.75) is 32.5 Å². The summed E-state index contributed by atoms with van der Waals surface area (Å²) in [4.78, 5) is 0. The summed E-state index contributed by atoms with van der Waals surface area (Å²) in [6.07, 6.45) is 0. The van der Waals surface area contributed by atoms with E-state index in [1.54, 1.807) is 0 Å². The molecule has 0 atom stereocenters. The maximum atomic E-state index is 12.6. The fourth-order valence-corrected chi connectivity index (χ4v) is 5.56. The van der Waals surface area contributed by atoms with Gasteiger partial charge in [-0.05, 0) is 30.0 Å². The summed E-state index contributed by atoms with van der Waals surface area (Å²) in [6, 6.07) is 17.0. The van der Waals surface area contributed by atoms with Crippen LogP contribution in [-0.4, -0.2) is 21.4 Å². The summed E-state index contributed by atoms with van der Waals surface area (Å²) in [6.45, 7) is 13.2. The van der Waals surface area contributed by atoms with Crippen LogP contribution in [0.25, 0.3) is 11.1 Å². The fourth-order valence-electron chi connectivity index (χ4n) is 2.61. The molecule has 0 heterocycles. The van der Waals surface area contributed by atoms with Crippen molar-refractivity contribution in [3.05, 3.63) is 48.5 Å². The predicted octanol–water partition coefficient (Wildman–Crippen LogP) is 4.93. The minimum atomic E-state index is -2.28. The van der Waals surface area contributed by atoms with E-state index in [1.807, 2.05) is 31.5 Å². The third-order valence-corrected chi connectivity index (χ3v) is 11.1. The Morgan fingerprint density at radius 1 is 0.955 bits per heavy atom. The van der Waals surface area contributed by atoms with E-state index in [9.17, 15) is 4.57 Å². The second-order valence-corrected chi connectivity index (χ2v) is 15.7. The van der Waals surface area contributed by atoms with Crippen LogP contribution >= 0.6 is 7.14 Å². The first-order valence-corrected chi connectivity index (χ1v) is 13.6. The summed E-state index contributed by atoms with van der Waals surface area (Å²) in [5.74, 6) is 0. The van der Waals surface area contributed by atoms with Gasteiger partial charge in [-0.1, -0.05) is 80.7 Å². The topological polar surface area (TPSA) is 17.1 Å². The standard InChI is InChI=1S/C19H27OPSi/c1-15(2)22(5,6)17-11-9-10-16(14-17)18-12-7-8-13-19(18)21(3,4)20/h7-15H,1-6H3. The van der Waals surface area contributed by atoms with Crippen molar-refractivity contribution < 1.29 is 4.57 Å². The Morgan fingerprint density at radius 3 is 2.18 bits per heavy atom. The highest BCUT2D eigenvalue weighted by Gasteiger charge is 2.27. The Hall–Kier alpha value is -1.11. The lowest BCUT2D eigenvalue weighted by atomic mass is 10.1. The Kier molecular flexibility index (Phi) is 4.84. The molecule has 0 saturated heterocycles. The van der Waals surface area contributed by atoms with Gasteiger partial charge < -0.3 is 4.57 Å². The molecule has 0 fully saturated rings. The van der Waals surface area contributed by atoms with Gasteiger partial charge in [-0.25, -0.2) is 0 Å². The minimum absolute atomic E-state index is 0.696. The largest absolute Gasteiger partial charge is 0.319 e. The average Bonchev–Trinajstić information content (AvgIpc) is 2.46. The van der Waals surface area contributed by atoms with Crippen molar-refractivity contribution in [1.29, 1.82) is 0 Å². The molecule has 0 saturated carbocycles.